The molecule has 144 valence electrons. The SMILES string of the molecule is COc1ccc(NC(=O)COC(=O)c2ccc(OC)c(OC)c2OC)cc1. The van der Waals surface area contributed by atoms with E-state index in [-0.39, 0.29) is 17.1 Å². The molecule has 0 saturated heterocycles. The molecule has 2 aromatic carbocycles. The summed E-state index contributed by atoms with van der Waals surface area (Å²) >= 11 is 0. The number of anilines is 1. The summed E-state index contributed by atoms with van der Waals surface area (Å²) in [5.74, 6) is 0.295. The molecule has 0 aromatic heterocycles. The van der Waals surface area contributed by atoms with E-state index in [1.54, 1.807) is 37.4 Å². The number of ether oxygens (including phenoxy) is 5. The first kappa shape index (κ1) is 19.9. The highest BCUT2D eigenvalue weighted by atomic mass is 16.5. The second-order valence-corrected chi connectivity index (χ2v) is 5.23. The molecule has 0 saturated carbocycles. The van der Waals surface area contributed by atoms with Gasteiger partial charge in [0.15, 0.2) is 18.1 Å². The summed E-state index contributed by atoms with van der Waals surface area (Å²) < 4.78 is 25.7. The largest absolute Gasteiger partial charge is 0.497 e. The maximum Gasteiger partial charge on any atom is 0.342 e. The molecule has 0 bridgehead atoms. The Labute approximate surface area is 156 Å². The Morgan fingerprint density at radius 2 is 1.48 bits per heavy atom. The van der Waals surface area contributed by atoms with Crippen LogP contribution in [0.5, 0.6) is 23.0 Å². The van der Waals surface area contributed by atoms with Gasteiger partial charge in [-0.25, -0.2) is 4.79 Å². The fraction of sp³-hybridized carbons (Fsp3) is 0.263. The molecule has 0 atom stereocenters. The summed E-state index contributed by atoms with van der Waals surface area (Å²) in [6, 6.07) is 9.79. The molecule has 0 unspecified atom stereocenters. The van der Waals surface area contributed by atoms with Crippen LogP contribution < -0.4 is 24.3 Å². The molecule has 0 heterocycles. The normalized spacial score (nSPS) is 9.93. The highest BCUT2D eigenvalue weighted by Crippen LogP contribution is 2.39. The van der Waals surface area contributed by atoms with Crippen LogP contribution >= 0.6 is 0 Å². The predicted molar refractivity (Wildman–Crippen MR) is 98.0 cm³/mol. The molecule has 0 fully saturated rings. The molecule has 2 aromatic rings. The molecule has 8 heteroatoms. The van der Waals surface area contributed by atoms with Crippen molar-refractivity contribution >= 4 is 17.6 Å². The van der Waals surface area contributed by atoms with Gasteiger partial charge in [-0.1, -0.05) is 0 Å². The average molecular weight is 375 g/mol. The van der Waals surface area contributed by atoms with Crippen molar-refractivity contribution in [2.24, 2.45) is 0 Å². The van der Waals surface area contributed by atoms with Crippen LogP contribution in [-0.4, -0.2) is 46.9 Å². The average Bonchev–Trinajstić information content (AvgIpc) is 2.71. The number of benzene rings is 2. The molecular weight excluding hydrogens is 354 g/mol. The Kier molecular flexibility index (Phi) is 6.87. The third-order valence-electron chi connectivity index (χ3n) is 3.63. The van der Waals surface area contributed by atoms with Crippen LogP contribution in [-0.2, 0) is 9.53 Å². The van der Waals surface area contributed by atoms with Crippen LogP contribution in [0, 0.1) is 0 Å². The molecule has 0 aliphatic rings. The lowest BCUT2D eigenvalue weighted by molar-refractivity contribution is -0.119. The summed E-state index contributed by atoms with van der Waals surface area (Å²) in [6.45, 7) is -0.456. The van der Waals surface area contributed by atoms with Crippen molar-refractivity contribution < 1.29 is 33.3 Å². The molecule has 0 aliphatic heterocycles. The number of rotatable bonds is 8. The Morgan fingerprint density at radius 1 is 0.815 bits per heavy atom. The highest BCUT2D eigenvalue weighted by molar-refractivity contribution is 5.97. The maximum absolute atomic E-state index is 12.3. The van der Waals surface area contributed by atoms with Crippen LogP contribution in [0.2, 0.25) is 0 Å². The quantitative estimate of drug-likeness (QED) is 0.709. The van der Waals surface area contributed by atoms with Crippen LogP contribution in [0.25, 0.3) is 0 Å². The third kappa shape index (κ3) is 4.81. The van der Waals surface area contributed by atoms with E-state index in [2.05, 4.69) is 5.32 Å². The van der Waals surface area contributed by atoms with E-state index in [1.807, 2.05) is 0 Å². The molecule has 27 heavy (non-hydrogen) atoms. The van der Waals surface area contributed by atoms with Crippen molar-refractivity contribution in [2.45, 2.75) is 0 Å². The van der Waals surface area contributed by atoms with Gasteiger partial charge in [0, 0.05) is 5.69 Å². The number of carbonyl (C=O) groups excluding carboxylic acids is 2. The Bertz CT molecular complexity index is 802. The van der Waals surface area contributed by atoms with Gasteiger partial charge in [-0.3, -0.25) is 4.79 Å². The van der Waals surface area contributed by atoms with Gasteiger partial charge in [-0.2, -0.15) is 0 Å². The number of nitrogens with one attached hydrogen (secondary N) is 1. The minimum atomic E-state index is -0.724. The molecule has 8 nitrogen and oxygen atoms in total. The van der Waals surface area contributed by atoms with E-state index in [0.29, 0.717) is 17.2 Å². The molecule has 0 aliphatic carbocycles. The van der Waals surface area contributed by atoms with Crippen LogP contribution in [0.15, 0.2) is 36.4 Å². The number of amides is 1. The maximum atomic E-state index is 12.3. The number of carbonyl (C=O) groups is 2. The van der Waals surface area contributed by atoms with E-state index < -0.39 is 18.5 Å². The van der Waals surface area contributed by atoms with Gasteiger partial charge in [0.25, 0.3) is 5.91 Å². The van der Waals surface area contributed by atoms with Crippen molar-refractivity contribution in [1.82, 2.24) is 0 Å². The first-order valence-corrected chi connectivity index (χ1v) is 7.94. The molecule has 2 rings (SSSR count). The summed E-state index contributed by atoms with van der Waals surface area (Å²) in [4.78, 5) is 24.3. The van der Waals surface area contributed by atoms with Gasteiger partial charge in [-0.05, 0) is 36.4 Å². The van der Waals surface area contributed by atoms with Gasteiger partial charge >= 0.3 is 5.97 Å². The van der Waals surface area contributed by atoms with Crippen LogP contribution in [0.3, 0.4) is 0 Å². The second-order valence-electron chi connectivity index (χ2n) is 5.23. The summed E-state index contributed by atoms with van der Waals surface area (Å²) in [5.41, 5.74) is 0.674. The minimum absolute atomic E-state index is 0.118. The Morgan fingerprint density at radius 3 is 2.04 bits per heavy atom. The Balaban J connectivity index is 2.03. The van der Waals surface area contributed by atoms with Crippen molar-refractivity contribution in [3.05, 3.63) is 42.0 Å². The lowest BCUT2D eigenvalue weighted by Crippen LogP contribution is -2.21. The van der Waals surface area contributed by atoms with E-state index in [4.69, 9.17) is 23.7 Å². The summed E-state index contributed by atoms with van der Waals surface area (Å²) in [5, 5.41) is 2.62. The standard InChI is InChI=1S/C19H21NO7/c1-23-13-7-5-12(6-8-13)20-16(21)11-27-19(22)14-9-10-15(24-2)18(26-4)17(14)25-3/h5-10H,11H2,1-4H3,(H,20,21). The fourth-order valence-electron chi connectivity index (χ4n) is 2.34. The van der Waals surface area contributed by atoms with Gasteiger partial charge in [0.2, 0.25) is 5.75 Å². The molecule has 0 radical (unpaired) electrons. The number of methoxy groups -OCH3 is 4. The topological polar surface area (TPSA) is 92.3 Å². The van der Waals surface area contributed by atoms with Crippen molar-refractivity contribution in [1.29, 1.82) is 0 Å². The Hall–Kier alpha value is -3.42. The van der Waals surface area contributed by atoms with E-state index in [1.165, 1.54) is 27.4 Å². The van der Waals surface area contributed by atoms with Gasteiger partial charge in [0.1, 0.15) is 11.3 Å². The van der Waals surface area contributed by atoms with E-state index >= 15 is 0 Å². The van der Waals surface area contributed by atoms with Gasteiger partial charge in [-0.15, -0.1) is 0 Å². The van der Waals surface area contributed by atoms with Crippen molar-refractivity contribution in [2.75, 3.05) is 40.4 Å². The molecule has 1 amide bonds. The van der Waals surface area contributed by atoms with Gasteiger partial charge < -0.3 is 29.0 Å². The van der Waals surface area contributed by atoms with Crippen molar-refractivity contribution in [3.63, 3.8) is 0 Å². The number of esters is 1. The van der Waals surface area contributed by atoms with Crippen molar-refractivity contribution in [3.8, 4) is 23.0 Å². The van der Waals surface area contributed by atoms with E-state index in [9.17, 15) is 9.59 Å². The highest BCUT2D eigenvalue weighted by Gasteiger charge is 2.22. The monoisotopic (exact) mass is 375 g/mol. The zero-order chi connectivity index (χ0) is 19.8. The molecule has 1 N–H and O–H groups in total. The zero-order valence-electron chi connectivity index (χ0n) is 15.5. The fourth-order valence-corrected chi connectivity index (χ4v) is 2.34. The van der Waals surface area contributed by atoms with Crippen LogP contribution in [0.4, 0.5) is 5.69 Å². The zero-order valence-corrected chi connectivity index (χ0v) is 15.5. The number of hydrogen-bond acceptors (Lipinski definition) is 7. The predicted octanol–water partition coefficient (Wildman–Crippen LogP) is 2.52. The molecular formula is C19H21NO7. The second kappa shape index (κ2) is 9.33. The first-order chi connectivity index (χ1) is 13.0. The first-order valence-electron chi connectivity index (χ1n) is 7.94. The minimum Gasteiger partial charge on any atom is -0.497 e. The lowest BCUT2D eigenvalue weighted by Gasteiger charge is -2.15. The van der Waals surface area contributed by atoms with E-state index in [0.717, 1.165) is 0 Å². The summed E-state index contributed by atoms with van der Waals surface area (Å²) in [6.07, 6.45) is 0. The third-order valence-corrected chi connectivity index (χ3v) is 3.63. The summed E-state index contributed by atoms with van der Waals surface area (Å²) in [7, 11) is 5.84. The number of hydrogen-bond donors (Lipinski definition) is 1. The lowest BCUT2D eigenvalue weighted by atomic mass is 10.1. The molecule has 0 spiro atoms. The van der Waals surface area contributed by atoms with Gasteiger partial charge in [0.05, 0.1) is 28.4 Å². The smallest absolute Gasteiger partial charge is 0.342 e. The van der Waals surface area contributed by atoms with Crippen LogP contribution in [0.1, 0.15) is 10.4 Å².